The van der Waals surface area contributed by atoms with Crippen molar-refractivity contribution in [3.8, 4) is 11.5 Å². The highest BCUT2D eigenvalue weighted by atomic mass is 32.5. The summed E-state index contributed by atoms with van der Waals surface area (Å²) in [7, 11) is -9.69. The molecule has 0 spiro atoms. The fourth-order valence-electron chi connectivity index (χ4n) is 11.6. The number of fused-ring (bicyclic) bond motifs is 5. The minimum absolute atomic E-state index is 0.00224. The van der Waals surface area contributed by atoms with Gasteiger partial charge in [0, 0.05) is 98.3 Å². The number of allylic oxidation sites excluding steroid dienone is 2. The van der Waals surface area contributed by atoms with Crippen LogP contribution in [0.5, 0.6) is 11.5 Å². The number of nitrogens with two attached hydrogens (primary N) is 1. The van der Waals surface area contributed by atoms with Gasteiger partial charge in [0.2, 0.25) is 17.2 Å². The number of ether oxygens (including phenoxy) is 3. The summed E-state index contributed by atoms with van der Waals surface area (Å²) in [6, 6.07) is 16.1. The topological polar surface area (TPSA) is 365 Å². The second-order valence-corrected chi connectivity index (χ2v) is 27.7. The highest BCUT2D eigenvalue weighted by molar-refractivity contribution is 8.08. The summed E-state index contributed by atoms with van der Waals surface area (Å²) in [5.74, 6) is 0.363. The van der Waals surface area contributed by atoms with Crippen molar-refractivity contribution < 1.29 is 75.5 Å². The standard InChI is InChI=1S/C54H67N10O17P3S/c1-10-63-37-23-39-35(21-33(37)29(3)25-53(63,5)6)43(36-22-34-30(4)26-54(7,8)64(11-2)38(34)24-40(36)77-39)31-15-12-13-16-32(31)49(68)61(9)20-14-17-42(65)56-18-19-57-52(69)79-46-41(27-76-82(70,71)80-83(72,73)81-84(74,75)85)78-50(45(46)66)62-28-58-44-47(62)59-51(55)60-48(44)67/h12-13,15-16,21-26,28,41,45-46,50,66H,10-11,14,17-20,27H2,1-9H3,(H8-,55,56,57,59,60,65,67,69,70,71,72,73,74,75,85)/p+1/t41-,45-,46-,50-/m1/s1. The Morgan fingerprint density at radius 2 is 1.64 bits per heavy atom. The van der Waals surface area contributed by atoms with Gasteiger partial charge in [-0.25, -0.2) is 27.8 Å². The zero-order valence-electron chi connectivity index (χ0n) is 48.0. The first-order chi connectivity index (χ1) is 39.8. The van der Waals surface area contributed by atoms with Crippen LogP contribution in [0.3, 0.4) is 0 Å². The Labute approximate surface area is 492 Å². The van der Waals surface area contributed by atoms with E-state index in [9.17, 15) is 53.0 Å². The first kappa shape index (κ1) is 63.0. The van der Waals surface area contributed by atoms with Crippen LogP contribution >= 0.6 is 22.4 Å². The Kier molecular flexibility index (Phi) is 17.8. The summed E-state index contributed by atoms with van der Waals surface area (Å²) in [6.07, 6.45) is -2.18. The number of carbonyl (C=O) groups excluding carboxylic acids is 3. The quantitative estimate of drug-likeness (QED) is 0.0293. The largest absolute Gasteiger partial charge is 0.488 e. The molecule has 31 heteroatoms. The average molecular weight is 1250 g/mol. The maximum absolute atomic E-state index is 14.7. The molecule has 6 heterocycles. The van der Waals surface area contributed by atoms with Crippen LogP contribution in [0.1, 0.15) is 107 Å². The van der Waals surface area contributed by atoms with E-state index < -0.39 is 71.1 Å². The Morgan fingerprint density at radius 1 is 0.929 bits per heavy atom. The number of alkyl carbamates (subject to hydrolysis) is 1. The Balaban J connectivity index is 0.866. The number of aliphatic hydroxyl groups excluding tert-OH is 1. The average Bonchev–Trinajstić information content (AvgIpc) is 1.39. The van der Waals surface area contributed by atoms with E-state index in [0.717, 1.165) is 79.2 Å². The van der Waals surface area contributed by atoms with Crippen LogP contribution in [0, 0.1) is 0 Å². The number of aromatic nitrogens is 4. The van der Waals surface area contributed by atoms with Crippen LogP contribution in [-0.4, -0.2) is 143 Å². The van der Waals surface area contributed by atoms with Crippen molar-refractivity contribution in [2.75, 3.05) is 57.0 Å². The monoisotopic (exact) mass is 1250 g/mol. The summed E-state index contributed by atoms with van der Waals surface area (Å²) in [5.41, 5.74) is 12.4. The van der Waals surface area contributed by atoms with Crippen LogP contribution in [-0.2, 0) is 48.4 Å². The van der Waals surface area contributed by atoms with Crippen molar-refractivity contribution in [3.63, 3.8) is 0 Å². The zero-order valence-corrected chi connectivity index (χ0v) is 51.5. The number of H-pyrrole nitrogens is 1. The first-order valence-electron chi connectivity index (χ1n) is 27.1. The number of aliphatic hydroxyl groups is 1. The van der Waals surface area contributed by atoms with Crippen molar-refractivity contribution >= 4 is 91.6 Å². The first-order valence-corrected chi connectivity index (χ1v) is 32.7. The van der Waals surface area contributed by atoms with Crippen LogP contribution in [0.25, 0.3) is 27.9 Å². The molecular weight excluding hydrogens is 1190 g/mol. The van der Waals surface area contributed by atoms with Gasteiger partial charge in [-0.3, -0.25) is 28.5 Å². The van der Waals surface area contributed by atoms with E-state index >= 15 is 0 Å². The molecule has 9 rings (SSSR count). The molecule has 0 saturated carbocycles. The van der Waals surface area contributed by atoms with Gasteiger partial charge in [0.15, 0.2) is 29.0 Å². The number of rotatable bonds is 20. The molecule has 6 atom stereocenters. The third-order valence-electron chi connectivity index (χ3n) is 15.0. The number of hydrogen-bond acceptors (Lipinski definition) is 18. The van der Waals surface area contributed by atoms with Crippen molar-refractivity contribution in [1.82, 2.24) is 39.6 Å². The van der Waals surface area contributed by atoms with Gasteiger partial charge in [0.1, 0.15) is 30.3 Å². The van der Waals surface area contributed by atoms with Gasteiger partial charge in [-0.1, -0.05) is 24.3 Å². The molecular formula is C54H68N10O17P3S+. The molecule has 4 aliphatic heterocycles. The van der Waals surface area contributed by atoms with Gasteiger partial charge >= 0.3 is 28.5 Å². The number of amides is 3. The predicted molar refractivity (Wildman–Crippen MR) is 317 cm³/mol. The number of carbonyl (C=O) groups is 3. The van der Waals surface area contributed by atoms with Gasteiger partial charge in [-0.05, 0) is 101 Å². The number of likely N-dealkylation sites (N-methyl/N-ethyl adjacent to an activating group) is 2. The van der Waals surface area contributed by atoms with Gasteiger partial charge in [-0.15, -0.1) is 0 Å². The molecule has 2 aromatic heterocycles. The summed E-state index contributed by atoms with van der Waals surface area (Å²) in [5, 5.41) is 18.4. The second kappa shape index (κ2) is 24.0. The molecule has 2 unspecified atom stereocenters. The van der Waals surface area contributed by atoms with E-state index in [1.807, 2.05) is 24.3 Å². The van der Waals surface area contributed by atoms with Crippen LogP contribution in [0.4, 0.5) is 16.4 Å². The number of nitrogen functional groups attached to an aromatic ring is 1. The lowest BCUT2D eigenvalue weighted by atomic mass is 9.83. The number of anilines is 2. The molecule has 3 aromatic carbocycles. The van der Waals surface area contributed by atoms with Crippen molar-refractivity contribution in [3.05, 3.63) is 116 Å². The number of hydrogen-bond donors (Lipinski definition) is 9. The van der Waals surface area contributed by atoms with Gasteiger partial charge < -0.3 is 65.1 Å². The van der Waals surface area contributed by atoms with Crippen LogP contribution in [0.15, 0.2) is 71.8 Å². The minimum Gasteiger partial charge on any atom is -0.456 e. The van der Waals surface area contributed by atoms with Crippen LogP contribution < -0.4 is 46.7 Å². The lowest BCUT2D eigenvalue weighted by Gasteiger charge is -2.43. The van der Waals surface area contributed by atoms with E-state index in [1.165, 1.54) is 0 Å². The molecule has 5 aromatic rings. The molecule has 85 heavy (non-hydrogen) atoms. The smallest absolute Gasteiger partial charge is 0.456 e. The summed E-state index contributed by atoms with van der Waals surface area (Å²) < 4.78 is 59.2. The van der Waals surface area contributed by atoms with Crippen molar-refractivity contribution in [2.24, 2.45) is 0 Å². The zero-order chi connectivity index (χ0) is 61.9. The highest BCUT2D eigenvalue weighted by Gasteiger charge is 2.50. The molecule has 1 fully saturated rings. The fraction of sp³-hybridized carbons (Fsp3) is 0.426. The number of nitrogens with one attached hydrogen (secondary N) is 3. The van der Waals surface area contributed by atoms with E-state index in [2.05, 4.69) is 147 Å². The number of aromatic amines is 1. The summed E-state index contributed by atoms with van der Waals surface area (Å²) in [6.45, 7) is 12.8. The predicted octanol–water partition coefficient (Wildman–Crippen LogP) is 4.26. The molecule has 0 bridgehead atoms. The van der Waals surface area contributed by atoms with Gasteiger partial charge in [-0.2, -0.15) is 9.29 Å². The Hall–Kier alpha value is -6.48. The highest BCUT2D eigenvalue weighted by Crippen LogP contribution is 2.66. The number of imidazole rings is 1. The molecule has 27 nitrogen and oxygen atoms in total. The minimum atomic E-state index is -5.72. The summed E-state index contributed by atoms with van der Waals surface area (Å²) in [4.78, 5) is 106. The Morgan fingerprint density at radius 3 is 2.34 bits per heavy atom. The second-order valence-electron chi connectivity index (χ2n) is 21.9. The molecule has 1 saturated heterocycles. The molecule has 0 aliphatic carbocycles. The molecule has 0 radical (unpaired) electrons. The van der Waals surface area contributed by atoms with Crippen molar-refractivity contribution in [2.45, 2.75) is 104 Å². The number of nitrogens with zero attached hydrogens (tertiary/aromatic N) is 6. The molecule has 10 N–H and O–H groups in total. The number of benzene rings is 3. The number of phosphoric acid groups is 2. The third-order valence-corrected chi connectivity index (χ3v) is 19.4. The summed E-state index contributed by atoms with van der Waals surface area (Å²) >= 11 is 4.11. The van der Waals surface area contributed by atoms with Crippen molar-refractivity contribution in [1.29, 1.82) is 0 Å². The maximum Gasteiger partial charge on any atom is 0.488 e. The third kappa shape index (κ3) is 13.3. The lowest BCUT2D eigenvalue weighted by molar-refractivity contribution is -0.121. The normalized spacial score (nSPS) is 20.8. The fourth-order valence-corrected chi connectivity index (χ4v) is 15.4. The molecule has 3 amide bonds. The van der Waals surface area contributed by atoms with E-state index in [4.69, 9.17) is 24.5 Å². The SMILES string of the molecule is CCN1c2cc3c(cc2C(C)=CC1(C)C)C(c1ccccc1C(=O)N(C)CCCC(=O)NCCNC(=O)O[C@H]1[C@@H](O)[C@H](n2cnc4c(=O)[nH]c(N)nc42)O[C@@H]1COP(=O)(O)OP(=O)(O)OP(O)(O)=S)=c1cc2c(cc1O3)=[N+](CC)C(C)(C)C=C2C. The number of phosphoric ester groups is 1. The van der Waals surface area contributed by atoms with Gasteiger partial charge in [0.25, 0.3) is 11.5 Å². The maximum atomic E-state index is 14.7. The van der Waals surface area contributed by atoms with E-state index in [0.29, 0.717) is 17.1 Å². The van der Waals surface area contributed by atoms with E-state index in [-0.39, 0.29) is 66.6 Å². The lowest BCUT2D eigenvalue weighted by Crippen LogP contribution is -2.49. The molecule has 456 valence electrons. The van der Waals surface area contributed by atoms with E-state index in [1.54, 1.807) is 11.9 Å². The molecule has 4 aliphatic rings. The van der Waals surface area contributed by atoms with Gasteiger partial charge in [0.05, 0.1) is 24.5 Å². The van der Waals surface area contributed by atoms with Crippen LogP contribution in [0.2, 0.25) is 0 Å². The Bertz CT molecular complexity index is 3960.